The molecule has 0 aliphatic carbocycles. The molecule has 0 aromatic carbocycles. The van der Waals surface area contributed by atoms with Crippen LogP contribution in [-0.4, -0.2) is 30.8 Å². The van der Waals surface area contributed by atoms with Crippen molar-refractivity contribution in [2.45, 2.75) is 45.3 Å². The molecule has 5 nitrogen and oxygen atoms in total. The van der Waals surface area contributed by atoms with Gasteiger partial charge in [-0.05, 0) is 40.2 Å². The topological polar surface area (TPSA) is 62.4 Å². The first kappa shape index (κ1) is 12.3. The van der Waals surface area contributed by atoms with Crippen LogP contribution in [0.15, 0.2) is 0 Å². The minimum Gasteiger partial charge on any atom is -0.443 e. The van der Waals surface area contributed by atoms with E-state index in [1.54, 1.807) is 0 Å². The van der Waals surface area contributed by atoms with Crippen LogP contribution in [-0.2, 0) is 4.74 Å². The van der Waals surface area contributed by atoms with Crippen molar-refractivity contribution in [3.63, 3.8) is 0 Å². The van der Waals surface area contributed by atoms with Gasteiger partial charge >= 0.3 is 6.09 Å². The number of carbonyl (C=O) groups is 1. The van der Waals surface area contributed by atoms with Crippen molar-refractivity contribution in [3.05, 3.63) is 0 Å². The average Bonchev–Trinajstić information content (AvgIpc) is 2.14. The summed E-state index contributed by atoms with van der Waals surface area (Å²) in [5, 5.41) is 3.25. The van der Waals surface area contributed by atoms with Crippen molar-refractivity contribution in [3.8, 4) is 0 Å². The van der Waals surface area contributed by atoms with Crippen molar-refractivity contribution in [2.24, 2.45) is 0 Å². The van der Waals surface area contributed by atoms with E-state index in [9.17, 15) is 4.79 Å². The Hall–Kier alpha value is -0.810. The molecular formula is C10H21N3O2. The largest absolute Gasteiger partial charge is 0.443 e. The molecule has 0 radical (unpaired) electrons. The number of hydrogen-bond donors (Lipinski definition) is 3. The Kier molecular flexibility index (Phi) is 4.35. The fourth-order valence-corrected chi connectivity index (χ4v) is 1.44. The molecule has 0 aromatic rings. The van der Waals surface area contributed by atoms with Crippen LogP contribution in [0.1, 0.15) is 33.6 Å². The van der Waals surface area contributed by atoms with Gasteiger partial charge in [0.05, 0.1) is 0 Å². The van der Waals surface area contributed by atoms with E-state index in [1.165, 1.54) is 0 Å². The molecule has 0 spiro atoms. The number of piperidine rings is 1. The van der Waals surface area contributed by atoms with E-state index in [0.29, 0.717) is 6.04 Å². The van der Waals surface area contributed by atoms with Crippen molar-refractivity contribution >= 4 is 6.09 Å². The zero-order chi connectivity index (χ0) is 11.3. The van der Waals surface area contributed by atoms with Crippen molar-refractivity contribution in [1.29, 1.82) is 0 Å². The molecule has 1 rings (SSSR count). The molecule has 15 heavy (non-hydrogen) atoms. The van der Waals surface area contributed by atoms with Crippen LogP contribution in [0.3, 0.4) is 0 Å². The standard InChI is InChI=1S/C10H21N3O2/c1-10(2,3)15-9(14)13-12-8-5-4-6-11-7-8/h8,11-12H,4-7H2,1-3H3,(H,13,14). The van der Waals surface area contributed by atoms with E-state index in [0.717, 1.165) is 25.9 Å². The van der Waals surface area contributed by atoms with E-state index in [4.69, 9.17) is 4.74 Å². The van der Waals surface area contributed by atoms with Crippen LogP contribution in [0.2, 0.25) is 0 Å². The molecule has 1 heterocycles. The molecule has 0 bridgehead atoms. The fraction of sp³-hybridized carbons (Fsp3) is 0.900. The first-order valence-corrected chi connectivity index (χ1v) is 5.42. The van der Waals surface area contributed by atoms with Crippen LogP contribution in [0.25, 0.3) is 0 Å². The lowest BCUT2D eigenvalue weighted by molar-refractivity contribution is 0.0484. The van der Waals surface area contributed by atoms with Crippen LogP contribution < -0.4 is 16.2 Å². The third kappa shape index (κ3) is 5.59. The number of hydrazine groups is 1. The number of hydrogen-bond acceptors (Lipinski definition) is 4. The maximum atomic E-state index is 11.3. The van der Waals surface area contributed by atoms with E-state index in [-0.39, 0.29) is 0 Å². The zero-order valence-electron chi connectivity index (χ0n) is 9.72. The molecule has 1 aliphatic heterocycles. The van der Waals surface area contributed by atoms with Gasteiger partial charge in [-0.25, -0.2) is 10.2 Å². The first-order chi connectivity index (χ1) is 6.97. The van der Waals surface area contributed by atoms with Crippen molar-refractivity contribution < 1.29 is 9.53 Å². The Morgan fingerprint density at radius 2 is 2.20 bits per heavy atom. The molecule has 1 saturated heterocycles. The highest BCUT2D eigenvalue weighted by Crippen LogP contribution is 2.06. The van der Waals surface area contributed by atoms with Gasteiger partial charge in [-0.1, -0.05) is 0 Å². The third-order valence-electron chi connectivity index (χ3n) is 2.07. The summed E-state index contributed by atoms with van der Waals surface area (Å²) in [5.74, 6) is 0. The lowest BCUT2D eigenvalue weighted by atomic mass is 10.1. The summed E-state index contributed by atoms with van der Waals surface area (Å²) in [6.07, 6.45) is 1.78. The maximum absolute atomic E-state index is 11.3. The van der Waals surface area contributed by atoms with Crippen LogP contribution in [0, 0.1) is 0 Å². The van der Waals surface area contributed by atoms with Gasteiger partial charge in [-0.2, -0.15) is 0 Å². The SMILES string of the molecule is CC(C)(C)OC(=O)NNC1CCCNC1. The van der Waals surface area contributed by atoms with Crippen LogP contribution >= 0.6 is 0 Å². The third-order valence-corrected chi connectivity index (χ3v) is 2.07. The molecule has 1 atom stereocenters. The Morgan fingerprint density at radius 1 is 1.47 bits per heavy atom. The summed E-state index contributed by atoms with van der Waals surface area (Å²) >= 11 is 0. The average molecular weight is 215 g/mol. The minimum atomic E-state index is -0.448. The molecule has 88 valence electrons. The van der Waals surface area contributed by atoms with E-state index < -0.39 is 11.7 Å². The second-order valence-corrected chi connectivity index (χ2v) is 4.81. The molecule has 1 fully saturated rings. The van der Waals surface area contributed by atoms with Gasteiger partial charge < -0.3 is 10.1 Å². The minimum absolute atomic E-state index is 0.297. The van der Waals surface area contributed by atoms with Gasteiger partial charge in [0.2, 0.25) is 0 Å². The second-order valence-electron chi connectivity index (χ2n) is 4.81. The molecule has 3 N–H and O–H groups in total. The lowest BCUT2D eigenvalue weighted by Gasteiger charge is -2.25. The maximum Gasteiger partial charge on any atom is 0.422 e. The van der Waals surface area contributed by atoms with Gasteiger partial charge in [0, 0.05) is 12.6 Å². The summed E-state index contributed by atoms with van der Waals surface area (Å²) < 4.78 is 5.10. The highest BCUT2D eigenvalue weighted by Gasteiger charge is 2.17. The van der Waals surface area contributed by atoms with E-state index in [1.807, 2.05) is 20.8 Å². The summed E-state index contributed by atoms with van der Waals surface area (Å²) in [6.45, 7) is 7.47. The Morgan fingerprint density at radius 3 is 2.73 bits per heavy atom. The second kappa shape index (κ2) is 5.32. The smallest absolute Gasteiger partial charge is 0.422 e. The van der Waals surface area contributed by atoms with E-state index in [2.05, 4.69) is 16.2 Å². The number of rotatable bonds is 2. The summed E-state index contributed by atoms with van der Waals surface area (Å²) in [4.78, 5) is 11.3. The van der Waals surface area contributed by atoms with Crippen molar-refractivity contribution in [1.82, 2.24) is 16.2 Å². The summed E-state index contributed by atoms with van der Waals surface area (Å²) in [5.41, 5.74) is 5.07. The molecule has 5 heteroatoms. The first-order valence-electron chi connectivity index (χ1n) is 5.42. The zero-order valence-corrected chi connectivity index (χ0v) is 9.72. The Bertz CT molecular complexity index is 207. The Labute approximate surface area is 90.9 Å². The number of amides is 1. The normalized spacial score (nSPS) is 22.2. The molecule has 1 aliphatic rings. The molecule has 0 saturated carbocycles. The van der Waals surface area contributed by atoms with Gasteiger partial charge in [0.15, 0.2) is 0 Å². The van der Waals surface area contributed by atoms with Gasteiger partial charge in [-0.3, -0.25) is 5.43 Å². The molecule has 0 aromatic heterocycles. The summed E-state index contributed by atoms with van der Waals surface area (Å²) in [7, 11) is 0. The number of ether oxygens (including phenoxy) is 1. The monoisotopic (exact) mass is 215 g/mol. The van der Waals surface area contributed by atoms with Gasteiger partial charge in [0.25, 0.3) is 0 Å². The number of carbonyl (C=O) groups excluding carboxylic acids is 1. The predicted octanol–water partition coefficient (Wildman–Crippen LogP) is 0.768. The highest BCUT2D eigenvalue weighted by molar-refractivity contribution is 5.67. The van der Waals surface area contributed by atoms with Gasteiger partial charge in [-0.15, -0.1) is 0 Å². The predicted molar refractivity (Wildman–Crippen MR) is 58.4 cm³/mol. The summed E-state index contributed by atoms with van der Waals surface area (Å²) in [6, 6.07) is 0.297. The molecular weight excluding hydrogens is 194 g/mol. The molecule has 1 amide bonds. The quantitative estimate of drug-likeness (QED) is 0.595. The van der Waals surface area contributed by atoms with Crippen LogP contribution in [0.5, 0.6) is 0 Å². The lowest BCUT2D eigenvalue weighted by Crippen LogP contribution is -2.51. The highest BCUT2D eigenvalue weighted by atomic mass is 16.6. The Balaban J connectivity index is 2.15. The number of nitrogens with one attached hydrogen (secondary N) is 3. The molecule has 1 unspecified atom stereocenters. The van der Waals surface area contributed by atoms with E-state index >= 15 is 0 Å². The van der Waals surface area contributed by atoms with Crippen molar-refractivity contribution in [2.75, 3.05) is 13.1 Å². The van der Waals surface area contributed by atoms with Crippen LogP contribution in [0.4, 0.5) is 4.79 Å². The fourth-order valence-electron chi connectivity index (χ4n) is 1.44. The van der Waals surface area contributed by atoms with Gasteiger partial charge in [0.1, 0.15) is 5.60 Å².